The number of para-hydroxylation sites is 1. The summed E-state index contributed by atoms with van der Waals surface area (Å²) in [6.45, 7) is 4.00. The normalized spacial score (nSPS) is 10.4. The Labute approximate surface area is 81.8 Å². The van der Waals surface area contributed by atoms with Crippen LogP contribution in [0.5, 0.6) is 6.01 Å². The number of aromatic hydroxyl groups is 1. The molecule has 0 radical (unpaired) electrons. The van der Waals surface area contributed by atoms with Gasteiger partial charge in [-0.1, -0.05) is 18.2 Å². The van der Waals surface area contributed by atoms with Crippen LogP contribution in [-0.4, -0.2) is 19.9 Å². The number of aryl methyl sites for hydroxylation is 2. The number of benzene rings is 1. The molecule has 0 amide bonds. The molecule has 2 rings (SSSR count). The van der Waals surface area contributed by atoms with Crippen molar-refractivity contribution < 1.29 is 5.11 Å². The zero-order valence-corrected chi connectivity index (χ0v) is 8.10. The Morgan fingerprint density at radius 2 is 1.86 bits per heavy atom. The third-order valence-corrected chi connectivity index (χ3v) is 2.15. The lowest BCUT2D eigenvalue weighted by molar-refractivity contribution is 0.430. The molecule has 14 heavy (non-hydrogen) atoms. The predicted molar refractivity (Wildman–Crippen MR) is 52.5 cm³/mol. The lowest BCUT2D eigenvalue weighted by Crippen LogP contribution is -2.00. The van der Waals surface area contributed by atoms with E-state index in [9.17, 15) is 0 Å². The Kier molecular flexibility index (Phi) is 1.96. The zero-order valence-electron chi connectivity index (χ0n) is 8.10. The van der Waals surface area contributed by atoms with Gasteiger partial charge < -0.3 is 5.11 Å². The van der Waals surface area contributed by atoms with Crippen molar-refractivity contribution in [3.8, 4) is 11.7 Å². The maximum Gasteiger partial charge on any atom is 0.333 e. The van der Waals surface area contributed by atoms with Crippen LogP contribution in [0.25, 0.3) is 5.69 Å². The van der Waals surface area contributed by atoms with Crippen molar-refractivity contribution in [2.24, 2.45) is 0 Å². The average molecular weight is 189 g/mol. The molecule has 0 saturated heterocycles. The van der Waals surface area contributed by atoms with Gasteiger partial charge in [0, 0.05) is 0 Å². The molecular weight excluding hydrogens is 178 g/mol. The lowest BCUT2D eigenvalue weighted by Gasteiger charge is -2.07. The summed E-state index contributed by atoms with van der Waals surface area (Å²) in [4.78, 5) is 3.68. The largest absolute Gasteiger partial charge is 0.478 e. The molecule has 1 aromatic heterocycles. The van der Waals surface area contributed by atoms with E-state index in [0.29, 0.717) is 0 Å². The van der Waals surface area contributed by atoms with Crippen LogP contribution in [0.3, 0.4) is 0 Å². The molecule has 1 aromatic carbocycles. The summed E-state index contributed by atoms with van der Waals surface area (Å²) < 4.78 is 1.58. The van der Waals surface area contributed by atoms with Gasteiger partial charge in [0.05, 0.1) is 5.69 Å². The first-order valence-electron chi connectivity index (χ1n) is 4.35. The van der Waals surface area contributed by atoms with Crippen LogP contribution >= 0.6 is 0 Å². The van der Waals surface area contributed by atoms with E-state index in [1.165, 1.54) is 6.33 Å². The SMILES string of the molecule is Cc1cccc(C)c1-n1cnc(O)n1. The third-order valence-electron chi connectivity index (χ3n) is 2.15. The smallest absolute Gasteiger partial charge is 0.333 e. The van der Waals surface area contributed by atoms with E-state index in [1.807, 2.05) is 32.0 Å². The van der Waals surface area contributed by atoms with Gasteiger partial charge in [-0.2, -0.15) is 4.98 Å². The van der Waals surface area contributed by atoms with E-state index >= 15 is 0 Å². The van der Waals surface area contributed by atoms with E-state index in [2.05, 4.69) is 10.1 Å². The van der Waals surface area contributed by atoms with Crippen molar-refractivity contribution in [3.63, 3.8) is 0 Å². The molecular formula is C10H11N3O. The van der Waals surface area contributed by atoms with Gasteiger partial charge in [0.2, 0.25) is 0 Å². The Balaban J connectivity index is 2.61. The maximum absolute atomic E-state index is 9.05. The third kappa shape index (κ3) is 1.35. The van der Waals surface area contributed by atoms with Crippen molar-refractivity contribution in [1.82, 2.24) is 14.8 Å². The highest BCUT2D eigenvalue weighted by Crippen LogP contribution is 2.17. The minimum atomic E-state index is -0.201. The van der Waals surface area contributed by atoms with Crippen LogP contribution < -0.4 is 0 Å². The van der Waals surface area contributed by atoms with Gasteiger partial charge in [-0.15, -0.1) is 5.10 Å². The molecule has 0 fully saturated rings. The number of hydrogen-bond acceptors (Lipinski definition) is 3. The molecule has 1 heterocycles. The summed E-state index contributed by atoms with van der Waals surface area (Å²) in [7, 11) is 0. The first-order chi connectivity index (χ1) is 6.68. The second-order valence-corrected chi connectivity index (χ2v) is 3.23. The van der Waals surface area contributed by atoms with Gasteiger partial charge in [0.1, 0.15) is 6.33 Å². The Morgan fingerprint density at radius 3 is 2.36 bits per heavy atom. The van der Waals surface area contributed by atoms with E-state index < -0.39 is 0 Å². The minimum Gasteiger partial charge on any atom is -0.478 e. The van der Waals surface area contributed by atoms with E-state index in [1.54, 1.807) is 4.68 Å². The van der Waals surface area contributed by atoms with Gasteiger partial charge in [0.15, 0.2) is 0 Å². The van der Waals surface area contributed by atoms with Crippen LogP contribution in [0, 0.1) is 13.8 Å². The summed E-state index contributed by atoms with van der Waals surface area (Å²) in [6.07, 6.45) is 1.50. The van der Waals surface area contributed by atoms with Gasteiger partial charge in [0.25, 0.3) is 0 Å². The first kappa shape index (κ1) is 8.74. The highest BCUT2D eigenvalue weighted by Gasteiger charge is 2.06. The quantitative estimate of drug-likeness (QED) is 0.741. The van der Waals surface area contributed by atoms with E-state index in [-0.39, 0.29) is 6.01 Å². The second-order valence-electron chi connectivity index (χ2n) is 3.23. The fraction of sp³-hybridized carbons (Fsp3) is 0.200. The Hall–Kier alpha value is -1.84. The van der Waals surface area contributed by atoms with Gasteiger partial charge in [-0.3, -0.25) is 0 Å². The lowest BCUT2D eigenvalue weighted by atomic mass is 10.1. The molecule has 0 aliphatic carbocycles. The Bertz CT molecular complexity index is 442. The topological polar surface area (TPSA) is 50.9 Å². The summed E-state index contributed by atoms with van der Waals surface area (Å²) >= 11 is 0. The van der Waals surface area contributed by atoms with Gasteiger partial charge in [-0.05, 0) is 25.0 Å². The fourth-order valence-electron chi connectivity index (χ4n) is 1.53. The van der Waals surface area contributed by atoms with Crippen molar-refractivity contribution in [3.05, 3.63) is 35.7 Å². The molecule has 0 aliphatic rings. The summed E-state index contributed by atoms with van der Waals surface area (Å²) in [5.41, 5.74) is 3.19. The molecule has 1 N–H and O–H groups in total. The molecule has 4 heteroatoms. The standard InChI is InChI=1S/C10H11N3O/c1-7-4-3-5-8(2)9(7)13-6-11-10(14)12-13/h3-6H,1-2H3,(H,12,14). The second kappa shape index (κ2) is 3.14. The summed E-state index contributed by atoms with van der Waals surface area (Å²) in [6, 6.07) is 5.79. The number of hydrogen-bond donors (Lipinski definition) is 1. The molecule has 0 aliphatic heterocycles. The predicted octanol–water partition coefficient (Wildman–Crippen LogP) is 1.59. The Morgan fingerprint density at radius 1 is 1.21 bits per heavy atom. The van der Waals surface area contributed by atoms with Gasteiger partial charge in [-0.25, -0.2) is 4.68 Å². The fourth-order valence-corrected chi connectivity index (χ4v) is 1.53. The van der Waals surface area contributed by atoms with Crippen LogP contribution in [0.2, 0.25) is 0 Å². The molecule has 2 aromatic rings. The van der Waals surface area contributed by atoms with Gasteiger partial charge >= 0.3 is 6.01 Å². The average Bonchev–Trinajstić information content (AvgIpc) is 2.51. The van der Waals surface area contributed by atoms with Crippen LogP contribution in [0.4, 0.5) is 0 Å². The molecule has 0 spiro atoms. The molecule has 0 unspecified atom stereocenters. The van der Waals surface area contributed by atoms with Crippen LogP contribution in [0.15, 0.2) is 24.5 Å². The number of nitrogens with zero attached hydrogens (tertiary/aromatic N) is 3. The van der Waals surface area contributed by atoms with Crippen molar-refractivity contribution in [2.45, 2.75) is 13.8 Å². The van der Waals surface area contributed by atoms with Crippen LogP contribution in [-0.2, 0) is 0 Å². The maximum atomic E-state index is 9.05. The highest BCUT2D eigenvalue weighted by molar-refractivity contribution is 5.45. The molecule has 72 valence electrons. The van der Waals surface area contributed by atoms with Crippen molar-refractivity contribution in [2.75, 3.05) is 0 Å². The molecule has 0 saturated carbocycles. The molecule has 0 bridgehead atoms. The van der Waals surface area contributed by atoms with Crippen molar-refractivity contribution in [1.29, 1.82) is 0 Å². The van der Waals surface area contributed by atoms with E-state index in [4.69, 9.17) is 5.11 Å². The van der Waals surface area contributed by atoms with Crippen LogP contribution in [0.1, 0.15) is 11.1 Å². The van der Waals surface area contributed by atoms with Crippen molar-refractivity contribution >= 4 is 0 Å². The monoisotopic (exact) mass is 189 g/mol. The molecule has 0 atom stereocenters. The minimum absolute atomic E-state index is 0.201. The first-order valence-corrected chi connectivity index (χ1v) is 4.35. The number of aromatic nitrogens is 3. The summed E-state index contributed by atoms with van der Waals surface area (Å²) in [5.74, 6) is 0. The molecule has 4 nitrogen and oxygen atoms in total. The highest BCUT2D eigenvalue weighted by atomic mass is 16.3. The summed E-state index contributed by atoms with van der Waals surface area (Å²) in [5, 5.41) is 12.9. The number of rotatable bonds is 1. The van der Waals surface area contributed by atoms with E-state index in [0.717, 1.165) is 16.8 Å². The zero-order chi connectivity index (χ0) is 10.1.